The number of carbonyl (C=O) groups excluding carboxylic acids is 1. The highest BCUT2D eigenvalue weighted by atomic mass is 16.2. The highest BCUT2D eigenvalue weighted by Gasteiger charge is 2.35. The maximum absolute atomic E-state index is 12.5. The summed E-state index contributed by atoms with van der Waals surface area (Å²) in [7, 11) is 0. The number of amides is 1. The first-order chi connectivity index (χ1) is 8.32. The molecular formula is C16H31NO. The van der Waals surface area contributed by atoms with Gasteiger partial charge < -0.3 is 5.32 Å². The van der Waals surface area contributed by atoms with Crippen LogP contribution in [-0.4, -0.2) is 11.9 Å². The molecule has 4 atom stereocenters. The molecule has 0 spiro atoms. The Labute approximate surface area is 113 Å². The van der Waals surface area contributed by atoms with Crippen molar-refractivity contribution in [2.24, 2.45) is 29.6 Å². The molecule has 0 radical (unpaired) electrons. The Morgan fingerprint density at radius 3 is 2.22 bits per heavy atom. The van der Waals surface area contributed by atoms with E-state index >= 15 is 0 Å². The third-order valence-corrected chi connectivity index (χ3v) is 4.73. The van der Waals surface area contributed by atoms with Crippen LogP contribution in [0, 0.1) is 29.6 Å². The Bertz CT molecular complexity index is 272. The molecule has 0 saturated heterocycles. The number of nitrogens with one attached hydrogen (secondary N) is 1. The third-order valence-electron chi connectivity index (χ3n) is 4.73. The minimum Gasteiger partial charge on any atom is -0.353 e. The average molecular weight is 253 g/mol. The molecule has 1 saturated carbocycles. The molecule has 0 aromatic rings. The monoisotopic (exact) mass is 253 g/mol. The van der Waals surface area contributed by atoms with Gasteiger partial charge in [0.15, 0.2) is 0 Å². The summed E-state index contributed by atoms with van der Waals surface area (Å²) in [5.74, 6) is 2.91. The second-order valence-electron chi connectivity index (χ2n) is 6.97. The zero-order chi connectivity index (χ0) is 13.9. The van der Waals surface area contributed by atoms with E-state index in [2.05, 4.69) is 46.9 Å². The molecule has 4 unspecified atom stereocenters. The maximum Gasteiger partial charge on any atom is 0.223 e. The smallest absolute Gasteiger partial charge is 0.223 e. The summed E-state index contributed by atoms with van der Waals surface area (Å²) in [4.78, 5) is 12.5. The van der Waals surface area contributed by atoms with Crippen molar-refractivity contribution in [3.63, 3.8) is 0 Å². The van der Waals surface area contributed by atoms with Crippen molar-refractivity contribution in [1.82, 2.24) is 5.32 Å². The van der Waals surface area contributed by atoms with E-state index in [4.69, 9.17) is 0 Å². The Balaban J connectivity index is 2.67. The fourth-order valence-electron chi connectivity index (χ4n) is 3.00. The van der Waals surface area contributed by atoms with Crippen LogP contribution < -0.4 is 5.32 Å². The minimum atomic E-state index is 0.231. The maximum atomic E-state index is 12.5. The van der Waals surface area contributed by atoms with Gasteiger partial charge in [-0.2, -0.15) is 0 Å². The molecule has 0 bridgehead atoms. The number of rotatable bonds is 4. The summed E-state index contributed by atoms with van der Waals surface area (Å²) in [5.41, 5.74) is 0. The van der Waals surface area contributed by atoms with Gasteiger partial charge in [0.05, 0.1) is 0 Å². The van der Waals surface area contributed by atoms with Gasteiger partial charge in [-0.05, 0) is 43.4 Å². The second kappa shape index (κ2) is 6.58. The first-order valence-electron chi connectivity index (χ1n) is 7.63. The molecule has 0 heterocycles. The summed E-state index contributed by atoms with van der Waals surface area (Å²) < 4.78 is 0. The molecule has 1 aliphatic rings. The first-order valence-corrected chi connectivity index (χ1v) is 7.63. The van der Waals surface area contributed by atoms with Crippen LogP contribution in [0.2, 0.25) is 0 Å². The van der Waals surface area contributed by atoms with Gasteiger partial charge in [0.1, 0.15) is 0 Å². The van der Waals surface area contributed by atoms with Crippen molar-refractivity contribution in [3.05, 3.63) is 0 Å². The molecule has 2 heteroatoms. The van der Waals surface area contributed by atoms with Crippen LogP contribution >= 0.6 is 0 Å². The van der Waals surface area contributed by atoms with E-state index in [0.29, 0.717) is 29.6 Å². The summed E-state index contributed by atoms with van der Waals surface area (Å²) in [6, 6.07) is 0.280. The molecular weight excluding hydrogens is 222 g/mol. The molecule has 0 aliphatic heterocycles. The predicted molar refractivity (Wildman–Crippen MR) is 77.3 cm³/mol. The van der Waals surface area contributed by atoms with Gasteiger partial charge in [-0.15, -0.1) is 0 Å². The Morgan fingerprint density at radius 2 is 1.72 bits per heavy atom. The number of hydrogen-bond donors (Lipinski definition) is 1. The molecule has 1 N–H and O–H groups in total. The van der Waals surface area contributed by atoms with Gasteiger partial charge in [0.25, 0.3) is 0 Å². The zero-order valence-electron chi connectivity index (χ0n) is 13.0. The van der Waals surface area contributed by atoms with Gasteiger partial charge in [0.2, 0.25) is 5.91 Å². The lowest BCUT2D eigenvalue weighted by Crippen LogP contribution is -2.45. The topological polar surface area (TPSA) is 29.1 Å². The molecule has 1 amide bonds. The SMILES string of the molecule is CC1CCC(C(C)C)C(C(=O)NC(C)C(C)C)C1. The molecule has 1 rings (SSSR count). The van der Waals surface area contributed by atoms with E-state index in [1.165, 1.54) is 12.8 Å². The van der Waals surface area contributed by atoms with Gasteiger partial charge in [-0.3, -0.25) is 4.79 Å². The van der Waals surface area contributed by atoms with Crippen molar-refractivity contribution in [1.29, 1.82) is 0 Å². The molecule has 0 aromatic heterocycles. The van der Waals surface area contributed by atoms with Crippen LogP contribution in [0.1, 0.15) is 60.8 Å². The first kappa shape index (κ1) is 15.5. The van der Waals surface area contributed by atoms with E-state index < -0.39 is 0 Å². The summed E-state index contributed by atoms with van der Waals surface area (Å²) in [6.45, 7) is 13.2. The van der Waals surface area contributed by atoms with E-state index in [-0.39, 0.29) is 12.0 Å². The number of hydrogen-bond acceptors (Lipinski definition) is 1. The molecule has 2 nitrogen and oxygen atoms in total. The lowest BCUT2D eigenvalue weighted by atomic mass is 9.69. The average Bonchev–Trinajstić information content (AvgIpc) is 2.28. The predicted octanol–water partition coefficient (Wildman–Crippen LogP) is 3.86. The van der Waals surface area contributed by atoms with Crippen LogP contribution in [-0.2, 0) is 4.79 Å². The molecule has 0 aromatic carbocycles. The van der Waals surface area contributed by atoms with E-state index in [0.717, 1.165) is 6.42 Å². The Kier molecular flexibility index (Phi) is 5.68. The van der Waals surface area contributed by atoms with Crippen LogP contribution in [0.3, 0.4) is 0 Å². The molecule has 1 aliphatic carbocycles. The molecule has 1 fully saturated rings. The van der Waals surface area contributed by atoms with E-state index in [1.807, 2.05) is 0 Å². The largest absolute Gasteiger partial charge is 0.353 e. The van der Waals surface area contributed by atoms with Gasteiger partial charge >= 0.3 is 0 Å². The highest BCUT2D eigenvalue weighted by Crippen LogP contribution is 2.38. The molecule has 18 heavy (non-hydrogen) atoms. The Morgan fingerprint density at radius 1 is 1.11 bits per heavy atom. The highest BCUT2D eigenvalue weighted by molar-refractivity contribution is 5.79. The fourth-order valence-corrected chi connectivity index (χ4v) is 3.00. The standard InChI is InChI=1S/C16H31NO/c1-10(2)13(6)17-16(18)15-9-12(5)7-8-14(15)11(3)4/h10-15H,7-9H2,1-6H3,(H,17,18). The zero-order valence-corrected chi connectivity index (χ0v) is 13.0. The van der Waals surface area contributed by atoms with Crippen molar-refractivity contribution in [2.45, 2.75) is 66.8 Å². The summed E-state index contributed by atoms with van der Waals surface area (Å²) >= 11 is 0. The fraction of sp³-hybridized carbons (Fsp3) is 0.938. The van der Waals surface area contributed by atoms with Crippen molar-refractivity contribution in [3.8, 4) is 0 Å². The van der Waals surface area contributed by atoms with Crippen LogP contribution in [0.15, 0.2) is 0 Å². The number of carbonyl (C=O) groups is 1. The van der Waals surface area contributed by atoms with Crippen molar-refractivity contribution >= 4 is 5.91 Å². The minimum absolute atomic E-state index is 0.231. The van der Waals surface area contributed by atoms with E-state index in [1.54, 1.807) is 0 Å². The van der Waals surface area contributed by atoms with Crippen molar-refractivity contribution in [2.75, 3.05) is 0 Å². The van der Waals surface area contributed by atoms with Gasteiger partial charge in [-0.25, -0.2) is 0 Å². The quantitative estimate of drug-likeness (QED) is 0.810. The van der Waals surface area contributed by atoms with E-state index in [9.17, 15) is 4.79 Å². The lowest BCUT2D eigenvalue weighted by molar-refractivity contribution is -0.130. The third kappa shape index (κ3) is 4.00. The molecule has 106 valence electrons. The van der Waals surface area contributed by atoms with Crippen molar-refractivity contribution < 1.29 is 4.79 Å². The van der Waals surface area contributed by atoms with Crippen LogP contribution in [0.25, 0.3) is 0 Å². The van der Waals surface area contributed by atoms with Crippen LogP contribution in [0.5, 0.6) is 0 Å². The van der Waals surface area contributed by atoms with Crippen LogP contribution in [0.4, 0.5) is 0 Å². The summed E-state index contributed by atoms with van der Waals surface area (Å²) in [5, 5.41) is 3.22. The normalized spacial score (nSPS) is 30.6. The van der Waals surface area contributed by atoms with Gasteiger partial charge in [0, 0.05) is 12.0 Å². The Hall–Kier alpha value is -0.530. The van der Waals surface area contributed by atoms with Gasteiger partial charge in [-0.1, -0.05) is 41.0 Å². The second-order valence-corrected chi connectivity index (χ2v) is 6.97. The summed E-state index contributed by atoms with van der Waals surface area (Å²) in [6.07, 6.45) is 3.57. The lowest BCUT2D eigenvalue weighted by Gasteiger charge is -2.37.